The van der Waals surface area contributed by atoms with Crippen molar-refractivity contribution in [2.45, 2.75) is 19.8 Å². The van der Waals surface area contributed by atoms with Gasteiger partial charge in [0.05, 0.1) is 11.8 Å². The standard InChI is InChI=1S/C12H21N3O4/c1-12(10(18)13-2)5-7-15(8-12)11(19)14(3)6-4-9(16)17/h4-8H2,1-3H3,(H,13,18)(H,16,17). The number of carbonyl (C=O) groups excluding carboxylic acids is 2. The second kappa shape index (κ2) is 5.90. The van der Waals surface area contributed by atoms with Gasteiger partial charge in [0, 0.05) is 33.7 Å². The second-order valence-corrected chi connectivity index (χ2v) is 5.16. The van der Waals surface area contributed by atoms with Crippen molar-refractivity contribution in [1.82, 2.24) is 15.1 Å². The maximum atomic E-state index is 12.1. The Kier molecular flexibility index (Phi) is 4.74. The lowest BCUT2D eigenvalue weighted by Crippen LogP contribution is -2.44. The van der Waals surface area contributed by atoms with Crippen LogP contribution in [0, 0.1) is 5.41 Å². The first-order valence-electron chi connectivity index (χ1n) is 6.24. The fourth-order valence-electron chi connectivity index (χ4n) is 2.21. The molecule has 19 heavy (non-hydrogen) atoms. The second-order valence-electron chi connectivity index (χ2n) is 5.16. The predicted molar refractivity (Wildman–Crippen MR) is 68.6 cm³/mol. The quantitative estimate of drug-likeness (QED) is 0.751. The van der Waals surface area contributed by atoms with Crippen molar-refractivity contribution < 1.29 is 19.5 Å². The number of aliphatic carboxylic acids is 1. The van der Waals surface area contributed by atoms with Gasteiger partial charge >= 0.3 is 12.0 Å². The number of carbonyl (C=O) groups is 3. The fourth-order valence-corrected chi connectivity index (χ4v) is 2.21. The van der Waals surface area contributed by atoms with E-state index < -0.39 is 11.4 Å². The van der Waals surface area contributed by atoms with Crippen molar-refractivity contribution >= 4 is 17.9 Å². The maximum Gasteiger partial charge on any atom is 0.319 e. The van der Waals surface area contributed by atoms with Crippen LogP contribution in [-0.4, -0.2) is 66.5 Å². The normalized spacial score (nSPS) is 22.2. The Morgan fingerprint density at radius 2 is 2.05 bits per heavy atom. The summed E-state index contributed by atoms with van der Waals surface area (Å²) in [6.45, 7) is 2.88. The van der Waals surface area contributed by atoms with Gasteiger partial charge in [-0.05, 0) is 13.3 Å². The Hall–Kier alpha value is -1.79. The van der Waals surface area contributed by atoms with Crippen LogP contribution in [0.15, 0.2) is 0 Å². The number of urea groups is 1. The molecule has 0 aromatic carbocycles. The molecular weight excluding hydrogens is 250 g/mol. The molecule has 1 saturated heterocycles. The molecule has 1 rings (SSSR count). The third-order valence-corrected chi connectivity index (χ3v) is 3.51. The molecule has 0 bridgehead atoms. The van der Waals surface area contributed by atoms with Gasteiger partial charge in [0.15, 0.2) is 0 Å². The van der Waals surface area contributed by atoms with E-state index >= 15 is 0 Å². The number of likely N-dealkylation sites (tertiary alicyclic amines) is 1. The summed E-state index contributed by atoms with van der Waals surface area (Å²) in [5.41, 5.74) is -0.557. The van der Waals surface area contributed by atoms with Crippen LogP contribution in [0.3, 0.4) is 0 Å². The van der Waals surface area contributed by atoms with Crippen molar-refractivity contribution in [2.24, 2.45) is 5.41 Å². The number of nitrogens with zero attached hydrogens (tertiary/aromatic N) is 2. The number of hydrogen-bond donors (Lipinski definition) is 2. The molecular formula is C12H21N3O4. The number of nitrogens with one attached hydrogen (secondary N) is 1. The van der Waals surface area contributed by atoms with Gasteiger partial charge < -0.3 is 20.2 Å². The summed E-state index contributed by atoms with van der Waals surface area (Å²) in [5.74, 6) is -1.01. The van der Waals surface area contributed by atoms with Crippen molar-refractivity contribution in [3.8, 4) is 0 Å². The first kappa shape index (κ1) is 15.3. The lowest BCUT2D eigenvalue weighted by molar-refractivity contribution is -0.137. The maximum absolute atomic E-state index is 12.1. The van der Waals surface area contributed by atoms with Gasteiger partial charge in [-0.15, -0.1) is 0 Å². The molecule has 1 unspecified atom stereocenters. The van der Waals surface area contributed by atoms with E-state index in [0.717, 1.165) is 0 Å². The molecule has 1 fully saturated rings. The van der Waals surface area contributed by atoms with Crippen LogP contribution < -0.4 is 5.32 Å². The lowest BCUT2D eigenvalue weighted by atomic mass is 9.89. The molecule has 2 N–H and O–H groups in total. The minimum absolute atomic E-state index is 0.0732. The molecule has 1 aliphatic rings. The molecule has 1 atom stereocenters. The Balaban J connectivity index is 2.56. The summed E-state index contributed by atoms with van der Waals surface area (Å²) in [4.78, 5) is 37.3. The summed E-state index contributed by atoms with van der Waals surface area (Å²) < 4.78 is 0. The van der Waals surface area contributed by atoms with Gasteiger partial charge in [0.2, 0.25) is 5.91 Å². The van der Waals surface area contributed by atoms with E-state index in [2.05, 4.69) is 5.32 Å². The van der Waals surface area contributed by atoms with E-state index in [-0.39, 0.29) is 24.9 Å². The summed E-state index contributed by atoms with van der Waals surface area (Å²) in [6.07, 6.45) is 0.536. The molecule has 7 heteroatoms. The van der Waals surface area contributed by atoms with Gasteiger partial charge in [-0.1, -0.05) is 0 Å². The van der Waals surface area contributed by atoms with E-state index in [0.29, 0.717) is 19.5 Å². The highest BCUT2D eigenvalue weighted by molar-refractivity contribution is 5.84. The molecule has 1 aliphatic heterocycles. The monoisotopic (exact) mass is 271 g/mol. The van der Waals surface area contributed by atoms with Gasteiger partial charge in [-0.3, -0.25) is 9.59 Å². The number of amides is 3. The number of carboxylic acid groups (broad SMARTS) is 1. The molecule has 1 heterocycles. The van der Waals surface area contributed by atoms with Crippen LogP contribution >= 0.6 is 0 Å². The largest absolute Gasteiger partial charge is 0.481 e. The van der Waals surface area contributed by atoms with Crippen LogP contribution in [0.1, 0.15) is 19.8 Å². The van der Waals surface area contributed by atoms with Crippen LogP contribution in [0.25, 0.3) is 0 Å². The first-order chi connectivity index (χ1) is 8.80. The average Bonchev–Trinajstić information content (AvgIpc) is 2.77. The molecule has 7 nitrogen and oxygen atoms in total. The van der Waals surface area contributed by atoms with Crippen molar-refractivity contribution in [3.05, 3.63) is 0 Å². The topological polar surface area (TPSA) is 90.0 Å². The smallest absolute Gasteiger partial charge is 0.319 e. The molecule has 0 aromatic heterocycles. The molecule has 0 aliphatic carbocycles. The van der Waals surface area contributed by atoms with E-state index in [1.807, 2.05) is 6.92 Å². The molecule has 0 radical (unpaired) electrons. The zero-order chi connectivity index (χ0) is 14.6. The molecule has 0 saturated carbocycles. The minimum atomic E-state index is -0.934. The molecule has 0 spiro atoms. The molecule has 0 aromatic rings. The van der Waals surface area contributed by atoms with Crippen LogP contribution in [-0.2, 0) is 9.59 Å². The average molecular weight is 271 g/mol. The highest BCUT2D eigenvalue weighted by Gasteiger charge is 2.42. The molecule has 108 valence electrons. The summed E-state index contributed by atoms with van der Waals surface area (Å²) in [7, 11) is 3.15. The third kappa shape index (κ3) is 3.59. The van der Waals surface area contributed by atoms with Gasteiger partial charge in [0.1, 0.15) is 0 Å². The van der Waals surface area contributed by atoms with Crippen molar-refractivity contribution in [3.63, 3.8) is 0 Å². The van der Waals surface area contributed by atoms with E-state index in [1.165, 1.54) is 4.90 Å². The Bertz CT molecular complexity index is 385. The van der Waals surface area contributed by atoms with Gasteiger partial charge in [-0.2, -0.15) is 0 Å². The van der Waals surface area contributed by atoms with Crippen LogP contribution in [0.5, 0.6) is 0 Å². The van der Waals surface area contributed by atoms with Gasteiger partial charge in [0.25, 0.3) is 0 Å². The van der Waals surface area contributed by atoms with Crippen molar-refractivity contribution in [1.29, 1.82) is 0 Å². The number of carboxylic acids is 1. The van der Waals surface area contributed by atoms with Crippen LogP contribution in [0.2, 0.25) is 0 Å². The van der Waals surface area contributed by atoms with E-state index in [1.54, 1.807) is 19.0 Å². The molecule has 3 amide bonds. The summed E-state index contributed by atoms with van der Waals surface area (Å²) >= 11 is 0. The predicted octanol–water partition coefficient (Wildman–Crippen LogP) is -0.0291. The van der Waals surface area contributed by atoms with E-state index in [4.69, 9.17) is 5.11 Å². The highest BCUT2D eigenvalue weighted by atomic mass is 16.4. The SMILES string of the molecule is CNC(=O)C1(C)CCN(C(=O)N(C)CCC(=O)O)C1. The third-order valence-electron chi connectivity index (χ3n) is 3.51. The van der Waals surface area contributed by atoms with Crippen molar-refractivity contribution in [2.75, 3.05) is 33.7 Å². The lowest BCUT2D eigenvalue weighted by Gasteiger charge is -2.26. The summed E-state index contributed by atoms with van der Waals surface area (Å²) in [6, 6.07) is -0.228. The zero-order valence-electron chi connectivity index (χ0n) is 11.6. The highest BCUT2D eigenvalue weighted by Crippen LogP contribution is 2.30. The Morgan fingerprint density at radius 1 is 1.42 bits per heavy atom. The van der Waals surface area contributed by atoms with E-state index in [9.17, 15) is 14.4 Å². The number of hydrogen-bond acceptors (Lipinski definition) is 3. The van der Waals surface area contributed by atoms with Gasteiger partial charge in [-0.25, -0.2) is 4.79 Å². The Labute approximate surface area is 112 Å². The zero-order valence-corrected chi connectivity index (χ0v) is 11.6. The number of rotatable bonds is 4. The fraction of sp³-hybridized carbons (Fsp3) is 0.750. The minimum Gasteiger partial charge on any atom is -0.481 e. The first-order valence-corrected chi connectivity index (χ1v) is 6.24. The Morgan fingerprint density at radius 3 is 2.58 bits per heavy atom. The summed E-state index contributed by atoms with van der Waals surface area (Å²) in [5, 5.41) is 11.2. The van der Waals surface area contributed by atoms with Crippen LogP contribution in [0.4, 0.5) is 4.79 Å².